The van der Waals surface area contributed by atoms with Gasteiger partial charge in [-0.2, -0.15) is 0 Å². The Hall–Kier alpha value is -3.56. The zero-order chi connectivity index (χ0) is 23.5. The summed E-state index contributed by atoms with van der Waals surface area (Å²) in [6, 6.07) is 33.2. The molecule has 1 aliphatic heterocycles. The van der Waals surface area contributed by atoms with Crippen LogP contribution in [0.2, 0.25) is 0 Å². The number of hydrogen-bond acceptors (Lipinski definition) is 3. The number of benzene rings is 4. The van der Waals surface area contributed by atoms with Gasteiger partial charge in [0.2, 0.25) is 0 Å². The lowest BCUT2D eigenvalue weighted by Gasteiger charge is -2.29. The predicted molar refractivity (Wildman–Crippen MR) is 144 cm³/mol. The molecule has 4 aromatic carbocycles. The van der Waals surface area contributed by atoms with Crippen molar-refractivity contribution in [3.63, 3.8) is 0 Å². The highest BCUT2D eigenvalue weighted by atomic mass is 16.5. The average molecular weight is 449 g/mol. The van der Waals surface area contributed by atoms with Gasteiger partial charge in [0.1, 0.15) is 0 Å². The Labute approximate surface area is 203 Å². The topological polar surface area (TPSA) is 15.7 Å². The number of ether oxygens (including phenoxy) is 1. The minimum absolute atomic E-state index is 0.807. The summed E-state index contributed by atoms with van der Waals surface area (Å²) in [6.07, 6.45) is 0. The normalized spacial score (nSPS) is 13.7. The summed E-state index contributed by atoms with van der Waals surface area (Å²) < 4.78 is 5.48. The highest BCUT2D eigenvalue weighted by Gasteiger charge is 2.14. The molecule has 0 bridgehead atoms. The highest BCUT2D eigenvalue weighted by molar-refractivity contribution is 5.79. The van der Waals surface area contributed by atoms with Crippen LogP contribution in [0.15, 0.2) is 91.0 Å². The van der Waals surface area contributed by atoms with Gasteiger partial charge in [0.05, 0.1) is 13.2 Å². The molecule has 3 heteroatoms. The Kier molecular flexibility index (Phi) is 6.37. The van der Waals surface area contributed by atoms with Crippen molar-refractivity contribution in [2.45, 2.75) is 20.8 Å². The summed E-state index contributed by atoms with van der Waals surface area (Å²) >= 11 is 0. The van der Waals surface area contributed by atoms with E-state index in [-0.39, 0.29) is 0 Å². The van der Waals surface area contributed by atoms with Gasteiger partial charge in [-0.3, -0.25) is 0 Å². The molecule has 0 atom stereocenters. The van der Waals surface area contributed by atoms with E-state index in [9.17, 15) is 0 Å². The van der Waals surface area contributed by atoms with Crippen LogP contribution in [-0.2, 0) is 4.74 Å². The predicted octanol–water partition coefficient (Wildman–Crippen LogP) is 7.59. The van der Waals surface area contributed by atoms with Crippen molar-refractivity contribution < 1.29 is 4.74 Å². The third-order valence-corrected chi connectivity index (χ3v) is 6.71. The SMILES string of the molecule is Cc1cccc(N(c2ccc(-c3ccc(N4CCOCC4)cc3)cc2)c2ccc(C)c(C)c2)c1. The molecule has 0 aromatic heterocycles. The Bertz CT molecular complexity index is 1260. The number of anilines is 4. The Morgan fingerprint density at radius 2 is 1.24 bits per heavy atom. The van der Waals surface area contributed by atoms with E-state index < -0.39 is 0 Å². The van der Waals surface area contributed by atoms with Gasteiger partial charge in [0.15, 0.2) is 0 Å². The third kappa shape index (κ3) is 4.71. The molecule has 0 aliphatic carbocycles. The van der Waals surface area contributed by atoms with Crippen molar-refractivity contribution in [2.75, 3.05) is 36.1 Å². The van der Waals surface area contributed by atoms with Crippen LogP contribution in [0.5, 0.6) is 0 Å². The van der Waals surface area contributed by atoms with Gasteiger partial charge in [0.25, 0.3) is 0 Å². The van der Waals surface area contributed by atoms with Crippen molar-refractivity contribution in [2.24, 2.45) is 0 Å². The van der Waals surface area contributed by atoms with Gasteiger partial charge >= 0.3 is 0 Å². The van der Waals surface area contributed by atoms with E-state index in [1.54, 1.807) is 0 Å². The minimum atomic E-state index is 0.807. The lowest BCUT2D eigenvalue weighted by molar-refractivity contribution is 0.122. The van der Waals surface area contributed by atoms with Crippen LogP contribution < -0.4 is 9.80 Å². The second kappa shape index (κ2) is 9.74. The van der Waals surface area contributed by atoms with Crippen molar-refractivity contribution in [3.05, 3.63) is 108 Å². The largest absolute Gasteiger partial charge is 0.378 e. The van der Waals surface area contributed by atoms with E-state index in [2.05, 4.69) is 122 Å². The molecule has 0 saturated carbocycles. The highest BCUT2D eigenvalue weighted by Crippen LogP contribution is 2.37. The molecule has 1 aliphatic rings. The van der Waals surface area contributed by atoms with Gasteiger partial charge in [0, 0.05) is 35.8 Å². The minimum Gasteiger partial charge on any atom is -0.378 e. The molecule has 0 unspecified atom stereocenters. The van der Waals surface area contributed by atoms with E-state index in [4.69, 9.17) is 4.74 Å². The Balaban J connectivity index is 1.45. The van der Waals surface area contributed by atoms with Crippen LogP contribution in [0.1, 0.15) is 16.7 Å². The van der Waals surface area contributed by atoms with Crippen molar-refractivity contribution in [1.82, 2.24) is 0 Å². The zero-order valence-electron chi connectivity index (χ0n) is 20.3. The molecule has 1 saturated heterocycles. The Morgan fingerprint density at radius 1 is 0.618 bits per heavy atom. The number of morpholine rings is 1. The molecule has 1 fully saturated rings. The Morgan fingerprint density at radius 3 is 1.88 bits per heavy atom. The van der Waals surface area contributed by atoms with Gasteiger partial charge in [-0.1, -0.05) is 42.5 Å². The number of hydrogen-bond donors (Lipinski definition) is 0. The first-order chi connectivity index (χ1) is 16.6. The van der Waals surface area contributed by atoms with E-state index in [0.29, 0.717) is 0 Å². The van der Waals surface area contributed by atoms with Crippen LogP contribution in [0, 0.1) is 20.8 Å². The molecule has 0 N–H and O–H groups in total. The number of rotatable bonds is 5. The van der Waals surface area contributed by atoms with Crippen LogP contribution in [0.3, 0.4) is 0 Å². The first-order valence-corrected chi connectivity index (χ1v) is 12.1. The second-order valence-electron chi connectivity index (χ2n) is 9.14. The summed E-state index contributed by atoms with van der Waals surface area (Å²) in [6.45, 7) is 10.0. The molecule has 34 heavy (non-hydrogen) atoms. The summed E-state index contributed by atoms with van der Waals surface area (Å²) in [5, 5.41) is 0. The molecule has 3 nitrogen and oxygen atoms in total. The first-order valence-electron chi connectivity index (χ1n) is 12.1. The fourth-order valence-corrected chi connectivity index (χ4v) is 4.57. The van der Waals surface area contributed by atoms with E-state index in [0.717, 1.165) is 32.0 Å². The quantitative estimate of drug-likeness (QED) is 0.313. The van der Waals surface area contributed by atoms with Gasteiger partial charge in [-0.25, -0.2) is 0 Å². The van der Waals surface area contributed by atoms with Crippen molar-refractivity contribution >= 4 is 22.7 Å². The molecule has 1 heterocycles. The summed E-state index contributed by atoms with van der Waals surface area (Å²) in [5.74, 6) is 0. The third-order valence-electron chi connectivity index (χ3n) is 6.71. The van der Waals surface area contributed by atoms with Crippen LogP contribution in [-0.4, -0.2) is 26.3 Å². The summed E-state index contributed by atoms with van der Waals surface area (Å²) in [4.78, 5) is 4.73. The second-order valence-corrected chi connectivity index (χ2v) is 9.14. The fourth-order valence-electron chi connectivity index (χ4n) is 4.57. The number of aryl methyl sites for hydroxylation is 3. The van der Waals surface area contributed by atoms with Crippen molar-refractivity contribution in [1.29, 1.82) is 0 Å². The van der Waals surface area contributed by atoms with Crippen LogP contribution >= 0.6 is 0 Å². The standard InChI is InChI=1S/C31H32N2O/c1-23-5-4-6-30(21-23)33(31-12-7-24(2)25(3)22-31)29-15-10-27(11-16-29)26-8-13-28(14-9-26)32-17-19-34-20-18-32/h4-16,21-22H,17-20H2,1-3H3. The van der Waals surface area contributed by atoms with Gasteiger partial charge in [-0.15, -0.1) is 0 Å². The molecule has 172 valence electrons. The monoisotopic (exact) mass is 448 g/mol. The molecule has 0 amide bonds. The lowest BCUT2D eigenvalue weighted by atomic mass is 10.0. The maximum absolute atomic E-state index is 5.48. The zero-order valence-corrected chi connectivity index (χ0v) is 20.3. The van der Waals surface area contributed by atoms with E-state index in [1.165, 1.54) is 44.9 Å². The van der Waals surface area contributed by atoms with Crippen LogP contribution in [0.25, 0.3) is 11.1 Å². The van der Waals surface area contributed by atoms with Gasteiger partial charge < -0.3 is 14.5 Å². The molecular formula is C31H32N2O. The smallest absolute Gasteiger partial charge is 0.0642 e. The van der Waals surface area contributed by atoms with E-state index >= 15 is 0 Å². The average Bonchev–Trinajstić information content (AvgIpc) is 2.87. The van der Waals surface area contributed by atoms with Gasteiger partial charge in [-0.05, 0) is 97.1 Å². The molecule has 4 aromatic rings. The van der Waals surface area contributed by atoms with Crippen LogP contribution in [0.4, 0.5) is 22.7 Å². The van der Waals surface area contributed by atoms with E-state index in [1.807, 2.05) is 0 Å². The lowest BCUT2D eigenvalue weighted by Crippen LogP contribution is -2.36. The molecule has 0 radical (unpaired) electrons. The summed E-state index contributed by atoms with van der Waals surface area (Å²) in [7, 11) is 0. The first kappa shape index (κ1) is 22.2. The molecule has 5 rings (SSSR count). The molecular weight excluding hydrogens is 416 g/mol. The van der Waals surface area contributed by atoms with Crippen molar-refractivity contribution in [3.8, 4) is 11.1 Å². The molecule has 0 spiro atoms. The summed E-state index contributed by atoms with van der Waals surface area (Å²) in [5.41, 5.74) is 11.1. The maximum Gasteiger partial charge on any atom is 0.0642 e. The maximum atomic E-state index is 5.48. The number of nitrogens with zero attached hydrogens (tertiary/aromatic N) is 2. The fraction of sp³-hybridized carbons (Fsp3) is 0.226.